The van der Waals surface area contributed by atoms with Crippen molar-refractivity contribution in [3.8, 4) is 16.9 Å². The van der Waals surface area contributed by atoms with Crippen LogP contribution in [0.3, 0.4) is 0 Å². The zero-order valence-corrected chi connectivity index (χ0v) is 13.7. The van der Waals surface area contributed by atoms with Crippen molar-refractivity contribution in [2.45, 2.75) is 6.92 Å². The monoisotopic (exact) mass is 394 g/mol. The normalized spacial score (nSPS) is 11.2. The van der Waals surface area contributed by atoms with Crippen molar-refractivity contribution in [2.24, 2.45) is 0 Å². The van der Waals surface area contributed by atoms with Gasteiger partial charge in [-0.25, -0.2) is 4.79 Å². The minimum atomic E-state index is -0.923. The standard InChI is InChI=1S/C17H15IO3/c1-12(17(19)20)10-11-21-16-8-4-14(5-9-16)13-2-6-15(18)7-3-13/h2-10H,11H2,1H3,(H,19,20). The number of carboxylic acid groups (broad SMARTS) is 1. The molecule has 0 atom stereocenters. The number of hydrogen-bond donors (Lipinski definition) is 1. The molecule has 0 radical (unpaired) electrons. The second kappa shape index (κ2) is 7.26. The molecule has 0 aliphatic rings. The molecular formula is C17H15IO3. The Morgan fingerprint density at radius 3 is 2.14 bits per heavy atom. The molecule has 0 saturated carbocycles. The van der Waals surface area contributed by atoms with Gasteiger partial charge in [-0.2, -0.15) is 0 Å². The Labute approximate surface area is 137 Å². The van der Waals surface area contributed by atoms with Crippen LogP contribution in [0.1, 0.15) is 6.92 Å². The fourth-order valence-corrected chi connectivity index (χ4v) is 2.10. The smallest absolute Gasteiger partial charge is 0.331 e. The van der Waals surface area contributed by atoms with Gasteiger partial charge in [0, 0.05) is 9.14 Å². The molecule has 0 fully saturated rings. The lowest BCUT2D eigenvalue weighted by atomic mass is 10.1. The lowest BCUT2D eigenvalue weighted by molar-refractivity contribution is -0.132. The van der Waals surface area contributed by atoms with Crippen LogP contribution in [0.15, 0.2) is 60.2 Å². The molecule has 0 bridgehead atoms. The van der Waals surface area contributed by atoms with Crippen LogP contribution in [0.25, 0.3) is 11.1 Å². The zero-order valence-electron chi connectivity index (χ0n) is 11.5. The first-order chi connectivity index (χ1) is 10.1. The highest BCUT2D eigenvalue weighted by Crippen LogP contribution is 2.23. The molecule has 4 heteroatoms. The minimum absolute atomic E-state index is 0.251. The molecule has 0 saturated heterocycles. The van der Waals surface area contributed by atoms with E-state index >= 15 is 0 Å². The van der Waals surface area contributed by atoms with Gasteiger partial charge in [-0.1, -0.05) is 24.3 Å². The molecule has 0 spiro atoms. The summed E-state index contributed by atoms with van der Waals surface area (Å²) in [5.41, 5.74) is 2.56. The Balaban J connectivity index is 2.01. The number of halogens is 1. The number of carbonyl (C=O) groups is 1. The Kier molecular flexibility index (Phi) is 5.38. The molecule has 2 rings (SSSR count). The van der Waals surface area contributed by atoms with Gasteiger partial charge in [0.2, 0.25) is 0 Å². The molecule has 0 unspecified atom stereocenters. The maximum absolute atomic E-state index is 10.6. The summed E-state index contributed by atoms with van der Waals surface area (Å²) >= 11 is 2.28. The van der Waals surface area contributed by atoms with Gasteiger partial charge >= 0.3 is 5.97 Å². The molecule has 0 aliphatic heterocycles. The van der Waals surface area contributed by atoms with Crippen LogP contribution in [-0.4, -0.2) is 17.7 Å². The van der Waals surface area contributed by atoms with E-state index in [2.05, 4.69) is 46.9 Å². The number of rotatable bonds is 5. The van der Waals surface area contributed by atoms with Gasteiger partial charge < -0.3 is 9.84 Å². The van der Waals surface area contributed by atoms with E-state index in [4.69, 9.17) is 9.84 Å². The first-order valence-electron chi connectivity index (χ1n) is 6.45. The zero-order chi connectivity index (χ0) is 15.2. The van der Waals surface area contributed by atoms with Crippen LogP contribution >= 0.6 is 22.6 Å². The molecule has 3 nitrogen and oxygen atoms in total. The fourth-order valence-electron chi connectivity index (χ4n) is 1.74. The molecule has 1 N–H and O–H groups in total. The summed E-state index contributed by atoms with van der Waals surface area (Å²) in [6.45, 7) is 1.80. The maximum atomic E-state index is 10.6. The molecule has 0 amide bonds. The van der Waals surface area contributed by atoms with E-state index in [-0.39, 0.29) is 12.2 Å². The summed E-state index contributed by atoms with van der Waals surface area (Å²) < 4.78 is 6.70. The lowest BCUT2D eigenvalue weighted by Gasteiger charge is -2.06. The Morgan fingerprint density at radius 1 is 1.10 bits per heavy atom. The second-order valence-electron chi connectivity index (χ2n) is 4.53. The van der Waals surface area contributed by atoms with Crippen molar-refractivity contribution in [1.82, 2.24) is 0 Å². The molecule has 0 aliphatic carbocycles. The summed E-state index contributed by atoms with van der Waals surface area (Å²) in [6, 6.07) is 16.1. The predicted molar refractivity (Wildman–Crippen MR) is 91.5 cm³/mol. The minimum Gasteiger partial charge on any atom is -0.490 e. The van der Waals surface area contributed by atoms with E-state index in [0.717, 1.165) is 16.9 Å². The van der Waals surface area contributed by atoms with Crippen molar-refractivity contribution in [1.29, 1.82) is 0 Å². The van der Waals surface area contributed by atoms with Crippen molar-refractivity contribution in [3.63, 3.8) is 0 Å². The van der Waals surface area contributed by atoms with E-state index in [0.29, 0.717) is 0 Å². The van der Waals surface area contributed by atoms with Gasteiger partial charge in [-0.15, -0.1) is 0 Å². The SMILES string of the molecule is CC(=CCOc1ccc(-c2ccc(I)cc2)cc1)C(=O)O. The van der Waals surface area contributed by atoms with E-state index in [1.807, 2.05) is 24.3 Å². The summed E-state index contributed by atoms with van der Waals surface area (Å²) in [5, 5.41) is 8.74. The molecule has 0 aromatic heterocycles. The topological polar surface area (TPSA) is 46.5 Å². The molecule has 21 heavy (non-hydrogen) atoms. The van der Waals surface area contributed by atoms with Gasteiger partial charge in [-0.3, -0.25) is 0 Å². The van der Waals surface area contributed by atoms with Crippen molar-refractivity contribution in [2.75, 3.05) is 6.61 Å². The highest BCUT2D eigenvalue weighted by molar-refractivity contribution is 14.1. The van der Waals surface area contributed by atoms with Crippen LogP contribution in [0.2, 0.25) is 0 Å². The fraction of sp³-hybridized carbons (Fsp3) is 0.118. The van der Waals surface area contributed by atoms with E-state index < -0.39 is 5.97 Å². The highest BCUT2D eigenvalue weighted by Gasteiger charge is 2.00. The molecule has 2 aromatic rings. The third-order valence-corrected chi connectivity index (χ3v) is 3.73. The average Bonchev–Trinajstić information content (AvgIpc) is 2.48. The summed E-state index contributed by atoms with van der Waals surface area (Å²) in [7, 11) is 0. The van der Waals surface area contributed by atoms with Gasteiger partial charge in [0.1, 0.15) is 12.4 Å². The summed E-state index contributed by atoms with van der Waals surface area (Å²) in [4.78, 5) is 10.6. The van der Waals surface area contributed by atoms with Crippen LogP contribution in [0, 0.1) is 3.57 Å². The van der Waals surface area contributed by atoms with Crippen molar-refractivity contribution >= 4 is 28.6 Å². The summed E-state index contributed by atoms with van der Waals surface area (Å²) in [5.74, 6) is -0.202. The third-order valence-electron chi connectivity index (χ3n) is 3.01. The summed E-state index contributed by atoms with van der Waals surface area (Å²) in [6.07, 6.45) is 1.55. The Morgan fingerprint density at radius 2 is 1.62 bits per heavy atom. The van der Waals surface area contributed by atoms with Gasteiger partial charge in [0.25, 0.3) is 0 Å². The number of ether oxygens (including phenoxy) is 1. The van der Waals surface area contributed by atoms with Crippen LogP contribution in [-0.2, 0) is 4.79 Å². The molecule has 2 aromatic carbocycles. The van der Waals surface area contributed by atoms with Gasteiger partial charge in [-0.05, 0) is 71.0 Å². The number of hydrogen-bond acceptors (Lipinski definition) is 2. The third kappa shape index (κ3) is 4.60. The number of aliphatic carboxylic acids is 1. The first kappa shape index (κ1) is 15.6. The van der Waals surface area contributed by atoms with Crippen molar-refractivity contribution < 1.29 is 14.6 Å². The Bertz CT molecular complexity index is 643. The average molecular weight is 394 g/mol. The molecular weight excluding hydrogens is 379 g/mol. The maximum Gasteiger partial charge on any atom is 0.331 e. The van der Waals surface area contributed by atoms with Crippen LogP contribution in [0.4, 0.5) is 0 Å². The van der Waals surface area contributed by atoms with Crippen LogP contribution in [0.5, 0.6) is 5.75 Å². The Hall–Kier alpha value is -1.82. The van der Waals surface area contributed by atoms with Crippen molar-refractivity contribution in [3.05, 3.63) is 63.8 Å². The van der Waals surface area contributed by atoms with E-state index in [1.165, 1.54) is 3.57 Å². The highest BCUT2D eigenvalue weighted by atomic mass is 127. The predicted octanol–water partition coefficient (Wildman–Crippen LogP) is 4.37. The van der Waals surface area contributed by atoms with Crippen LogP contribution < -0.4 is 4.74 Å². The lowest BCUT2D eigenvalue weighted by Crippen LogP contribution is -2.00. The first-order valence-corrected chi connectivity index (χ1v) is 7.53. The number of carboxylic acids is 1. The quantitative estimate of drug-likeness (QED) is 0.605. The van der Waals surface area contributed by atoms with Gasteiger partial charge in [0.05, 0.1) is 0 Å². The largest absolute Gasteiger partial charge is 0.490 e. The van der Waals surface area contributed by atoms with E-state index in [9.17, 15) is 4.79 Å². The van der Waals surface area contributed by atoms with Gasteiger partial charge in [0.15, 0.2) is 0 Å². The number of benzene rings is 2. The second-order valence-corrected chi connectivity index (χ2v) is 5.78. The molecule has 108 valence electrons. The molecule has 0 heterocycles. The van der Waals surface area contributed by atoms with E-state index in [1.54, 1.807) is 13.0 Å².